The summed E-state index contributed by atoms with van der Waals surface area (Å²) < 4.78 is 23.8. The van der Waals surface area contributed by atoms with E-state index in [1.807, 2.05) is 0 Å². The van der Waals surface area contributed by atoms with Gasteiger partial charge in [-0.3, -0.25) is 9.59 Å². The van der Waals surface area contributed by atoms with Gasteiger partial charge in [-0.15, -0.1) is 0 Å². The number of sulfone groups is 1. The van der Waals surface area contributed by atoms with E-state index in [0.29, 0.717) is 10.0 Å². The van der Waals surface area contributed by atoms with Gasteiger partial charge in [-0.05, 0) is 28.4 Å². The van der Waals surface area contributed by atoms with E-state index in [4.69, 9.17) is 5.73 Å². The van der Waals surface area contributed by atoms with Crippen LogP contribution in [0.15, 0.2) is 15.5 Å². The van der Waals surface area contributed by atoms with E-state index in [1.165, 1.54) is 6.20 Å². The lowest BCUT2D eigenvalue weighted by molar-refractivity contribution is 0.0997. The molecule has 2 N–H and O–H groups in total. The molecule has 0 bridgehead atoms. The molecule has 0 aromatic carbocycles. The van der Waals surface area contributed by atoms with Crippen molar-refractivity contribution in [2.24, 2.45) is 5.73 Å². The number of primary amides is 1. The van der Waals surface area contributed by atoms with Gasteiger partial charge in [-0.2, -0.15) is 0 Å². The second kappa shape index (κ2) is 5.23. The molecule has 1 rings (SSSR count). The minimum atomic E-state index is -3.19. The largest absolute Gasteiger partial charge is 0.365 e. The van der Waals surface area contributed by atoms with E-state index in [1.54, 1.807) is 6.92 Å². The van der Waals surface area contributed by atoms with Gasteiger partial charge in [-0.25, -0.2) is 8.42 Å². The predicted molar refractivity (Wildman–Crippen MR) is 71.4 cm³/mol. The van der Waals surface area contributed by atoms with Gasteiger partial charge in [0.05, 0.1) is 5.75 Å². The molecule has 6 nitrogen and oxygen atoms in total. The summed E-state index contributed by atoms with van der Waals surface area (Å²) >= 11 is 3.20. The average molecular weight is 337 g/mol. The van der Waals surface area contributed by atoms with Crippen molar-refractivity contribution in [2.45, 2.75) is 13.5 Å². The predicted octanol–water partition coefficient (Wildman–Crippen LogP) is 0.0627. The summed E-state index contributed by atoms with van der Waals surface area (Å²) in [4.78, 5) is 23.2. The number of nitrogens with zero attached hydrogens (tertiary/aromatic N) is 1. The number of aromatic nitrogens is 1. The van der Waals surface area contributed by atoms with Crippen molar-refractivity contribution >= 4 is 31.7 Å². The van der Waals surface area contributed by atoms with E-state index >= 15 is 0 Å². The van der Waals surface area contributed by atoms with E-state index in [2.05, 4.69) is 15.9 Å². The molecular weight excluding hydrogens is 324 g/mol. The SMILES string of the molecule is Cc1c(Br)cn(CCS(C)(=O)=O)c(=O)c1C(N)=O. The van der Waals surface area contributed by atoms with E-state index in [-0.39, 0.29) is 17.9 Å². The highest BCUT2D eigenvalue weighted by Crippen LogP contribution is 2.16. The zero-order valence-corrected chi connectivity index (χ0v) is 12.3. The van der Waals surface area contributed by atoms with Gasteiger partial charge in [0.25, 0.3) is 11.5 Å². The molecule has 0 spiro atoms. The van der Waals surface area contributed by atoms with Crippen LogP contribution in [-0.4, -0.2) is 30.9 Å². The highest BCUT2D eigenvalue weighted by Gasteiger charge is 2.16. The second-order valence-electron chi connectivity index (χ2n) is 3.97. The Morgan fingerprint density at radius 2 is 2.06 bits per heavy atom. The molecule has 100 valence electrons. The fourth-order valence-corrected chi connectivity index (χ4v) is 2.41. The lowest BCUT2D eigenvalue weighted by atomic mass is 10.1. The first-order chi connectivity index (χ1) is 8.13. The first-order valence-corrected chi connectivity index (χ1v) is 7.86. The number of nitrogens with two attached hydrogens (primary N) is 1. The number of halogens is 1. The van der Waals surface area contributed by atoms with Crippen LogP contribution in [0.5, 0.6) is 0 Å². The van der Waals surface area contributed by atoms with Crippen LogP contribution >= 0.6 is 15.9 Å². The highest BCUT2D eigenvalue weighted by molar-refractivity contribution is 9.10. The van der Waals surface area contributed by atoms with Crippen LogP contribution < -0.4 is 11.3 Å². The van der Waals surface area contributed by atoms with Gasteiger partial charge < -0.3 is 10.3 Å². The number of pyridine rings is 1. The maximum absolute atomic E-state index is 11.9. The molecule has 0 aliphatic carbocycles. The minimum Gasteiger partial charge on any atom is -0.365 e. The van der Waals surface area contributed by atoms with Crippen LogP contribution in [0.3, 0.4) is 0 Å². The van der Waals surface area contributed by atoms with Crippen LogP contribution in [0, 0.1) is 6.92 Å². The summed E-state index contributed by atoms with van der Waals surface area (Å²) in [7, 11) is -3.19. The Labute approximate surface area is 113 Å². The molecule has 1 aromatic heterocycles. The third kappa shape index (κ3) is 3.42. The molecule has 0 saturated carbocycles. The first-order valence-electron chi connectivity index (χ1n) is 5.00. The summed E-state index contributed by atoms with van der Waals surface area (Å²) in [5.41, 5.74) is 4.89. The van der Waals surface area contributed by atoms with Crippen molar-refractivity contribution in [3.8, 4) is 0 Å². The number of aryl methyl sites for hydroxylation is 1. The molecular formula is C10H13BrN2O4S. The maximum atomic E-state index is 11.9. The van der Waals surface area contributed by atoms with Crippen LogP contribution in [0.1, 0.15) is 15.9 Å². The molecule has 0 fully saturated rings. The molecule has 18 heavy (non-hydrogen) atoms. The maximum Gasteiger partial charge on any atom is 0.263 e. The summed E-state index contributed by atoms with van der Waals surface area (Å²) in [6.07, 6.45) is 2.53. The second-order valence-corrected chi connectivity index (χ2v) is 7.08. The van der Waals surface area contributed by atoms with E-state index in [9.17, 15) is 18.0 Å². The van der Waals surface area contributed by atoms with Crippen molar-refractivity contribution in [3.63, 3.8) is 0 Å². The van der Waals surface area contributed by atoms with Crippen molar-refractivity contribution in [1.82, 2.24) is 4.57 Å². The number of hydrogen-bond donors (Lipinski definition) is 1. The lowest BCUT2D eigenvalue weighted by Crippen LogP contribution is -2.32. The molecule has 1 amide bonds. The summed E-state index contributed by atoms with van der Waals surface area (Å²) in [6, 6.07) is 0. The van der Waals surface area contributed by atoms with Crippen molar-refractivity contribution < 1.29 is 13.2 Å². The van der Waals surface area contributed by atoms with Gasteiger partial charge >= 0.3 is 0 Å². The molecule has 0 atom stereocenters. The zero-order chi connectivity index (χ0) is 14.1. The Hall–Kier alpha value is -1.15. The topological polar surface area (TPSA) is 99.2 Å². The number of amides is 1. The minimum absolute atomic E-state index is 0.0170. The third-order valence-electron chi connectivity index (χ3n) is 2.43. The average Bonchev–Trinajstić information content (AvgIpc) is 2.20. The number of carbonyl (C=O) groups excluding carboxylic acids is 1. The van der Waals surface area contributed by atoms with Crippen molar-refractivity contribution in [3.05, 3.63) is 32.2 Å². The fraction of sp³-hybridized carbons (Fsp3) is 0.400. The van der Waals surface area contributed by atoms with E-state index in [0.717, 1.165) is 10.8 Å². The van der Waals surface area contributed by atoms with Gasteiger partial charge in [0.15, 0.2) is 0 Å². The van der Waals surface area contributed by atoms with Crippen LogP contribution in [0.2, 0.25) is 0 Å². The normalized spacial score (nSPS) is 11.5. The first kappa shape index (κ1) is 14.9. The quantitative estimate of drug-likeness (QED) is 0.840. The fourth-order valence-electron chi connectivity index (χ4n) is 1.44. The number of carbonyl (C=O) groups is 1. The molecule has 0 aliphatic heterocycles. The Balaban J connectivity index is 3.31. The van der Waals surface area contributed by atoms with Crippen LogP contribution in [-0.2, 0) is 16.4 Å². The van der Waals surface area contributed by atoms with Crippen molar-refractivity contribution in [2.75, 3.05) is 12.0 Å². The zero-order valence-electron chi connectivity index (χ0n) is 9.94. The summed E-state index contributed by atoms with van der Waals surface area (Å²) in [5.74, 6) is -1.01. The molecule has 1 aromatic rings. The number of rotatable bonds is 4. The monoisotopic (exact) mass is 336 g/mol. The Kier molecular flexibility index (Phi) is 4.33. The Morgan fingerprint density at radius 1 is 1.50 bits per heavy atom. The van der Waals surface area contributed by atoms with Crippen molar-refractivity contribution in [1.29, 1.82) is 0 Å². The molecule has 0 saturated heterocycles. The van der Waals surface area contributed by atoms with Gasteiger partial charge in [0.1, 0.15) is 15.4 Å². The summed E-state index contributed by atoms with van der Waals surface area (Å²) in [5, 5.41) is 0. The Bertz CT molecular complexity index is 649. The van der Waals surface area contributed by atoms with Gasteiger partial charge in [0.2, 0.25) is 0 Å². The highest BCUT2D eigenvalue weighted by atomic mass is 79.9. The molecule has 8 heteroatoms. The van der Waals surface area contributed by atoms with Gasteiger partial charge in [0, 0.05) is 23.5 Å². The van der Waals surface area contributed by atoms with E-state index < -0.39 is 21.3 Å². The number of hydrogen-bond acceptors (Lipinski definition) is 4. The molecule has 1 heterocycles. The third-order valence-corrected chi connectivity index (χ3v) is 4.15. The lowest BCUT2D eigenvalue weighted by Gasteiger charge is -2.10. The van der Waals surface area contributed by atoms with Crippen LogP contribution in [0.25, 0.3) is 0 Å². The van der Waals surface area contributed by atoms with Crippen LogP contribution in [0.4, 0.5) is 0 Å². The standard InChI is InChI=1S/C10H13BrN2O4S/c1-6-7(11)5-13(3-4-18(2,16)17)10(15)8(6)9(12)14/h5H,3-4H2,1-2H3,(H2,12,14). The molecule has 0 unspecified atom stereocenters. The smallest absolute Gasteiger partial charge is 0.263 e. The Morgan fingerprint density at radius 3 is 2.50 bits per heavy atom. The summed E-state index contributed by atoms with van der Waals surface area (Å²) in [6.45, 7) is 1.57. The molecule has 0 radical (unpaired) electrons. The van der Waals surface area contributed by atoms with Gasteiger partial charge in [-0.1, -0.05) is 0 Å². The molecule has 0 aliphatic rings.